The molecular formula is C22H20O13. The van der Waals surface area contributed by atoms with Crippen LogP contribution in [-0.4, -0.2) is 72.9 Å². The molecule has 1 aliphatic rings. The van der Waals surface area contributed by atoms with Gasteiger partial charge in [-0.05, 0) is 12.1 Å². The van der Waals surface area contributed by atoms with Crippen LogP contribution in [0.2, 0.25) is 0 Å². The Bertz CT molecular complexity index is 1340. The molecule has 0 saturated carbocycles. The van der Waals surface area contributed by atoms with Gasteiger partial charge in [-0.2, -0.15) is 0 Å². The smallest absolute Gasteiger partial charge is 0.303 e. The number of hydrogen-bond donors (Lipinski definition) is 7. The van der Waals surface area contributed by atoms with E-state index >= 15 is 0 Å². The Morgan fingerprint density at radius 2 is 1.63 bits per heavy atom. The Labute approximate surface area is 195 Å². The predicted molar refractivity (Wildman–Crippen MR) is 114 cm³/mol. The first kappa shape index (κ1) is 23.9. The van der Waals surface area contributed by atoms with E-state index in [-0.39, 0.29) is 11.1 Å². The molecule has 35 heavy (non-hydrogen) atoms. The van der Waals surface area contributed by atoms with Gasteiger partial charge in [0.2, 0.25) is 17.5 Å². The highest BCUT2D eigenvalue weighted by atomic mass is 16.7. The van der Waals surface area contributed by atoms with E-state index < -0.39 is 88.3 Å². The lowest BCUT2D eigenvalue weighted by Crippen LogP contribution is -2.56. The van der Waals surface area contributed by atoms with Crippen molar-refractivity contribution in [1.29, 1.82) is 0 Å². The molecule has 2 aromatic carbocycles. The van der Waals surface area contributed by atoms with Gasteiger partial charge in [0.25, 0.3) is 0 Å². The summed E-state index contributed by atoms with van der Waals surface area (Å²) < 4.78 is 21.3. The van der Waals surface area contributed by atoms with Gasteiger partial charge in [-0.25, -0.2) is 0 Å². The molecular weight excluding hydrogens is 472 g/mol. The second-order valence-electron chi connectivity index (χ2n) is 7.74. The van der Waals surface area contributed by atoms with E-state index in [0.29, 0.717) is 0 Å². The van der Waals surface area contributed by atoms with Crippen LogP contribution in [-0.2, 0) is 14.3 Å². The lowest BCUT2D eigenvalue weighted by atomic mass is 10.0. The minimum atomic E-state index is -1.81. The van der Waals surface area contributed by atoms with Gasteiger partial charge in [-0.15, -0.1) is 0 Å². The number of aliphatic hydroxyl groups excluding tert-OH is 2. The van der Waals surface area contributed by atoms with Crippen LogP contribution in [0.5, 0.6) is 34.5 Å². The molecule has 0 aliphatic carbocycles. The fraction of sp³-hybridized carbons (Fsp3) is 0.273. The Morgan fingerprint density at radius 1 is 0.971 bits per heavy atom. The normalized spacial score (nSPS) is 22.1. The highest BCUT2D eigenvalue weighted by Gasteiger charge is 2.42. The number of aromatic hydroxyl groups is 5. The number of carbonyl (C=O) groups is 1. The summed E-state index contributed by atoms with van der Waals surface area (Å²) in [6.07, 6.45) is -6.37. The molecule has 13 nitrogen and oxygen atoms in total. The van der Waals surface area contributed by atoms with Crippen LogP contribution in [0, 0.1) is 0 Å². The van der Waals surface area contributed by atoms with Crippen molar-refractivity contribution in [2.45, 2.75) is 31.5 Å². The first-order chi connectivity index (χ1) is 16.5. The number of benzene rings is 2. The molecule has 1 aromatic heterocycles. The van der Waals surface area contributed by atoms with Gasteiger partial charge in [0.15, 0.2) is 29.1 Å². The second kappa shape index (κ2) is 8.87. The number of carbonyl (C=O) groups excluding carboxylic acids is 1. The Balaban J connectivity index is 1.85. The third-order valence-electron chi connectivity index (χ3n) is 5.24. The van der Waals surface area contributed by atoms with E-state index in [2.05, 4.69) is 0 Å². The van der Waals surface area contributed by atoms with Gasteiger partial charge in [0, 0.05) is 24.6 Å². The minimum Gasteiger partial charge on any atom is -0.508 e. The fourth-order valence-electron chi connectivity index (χ4n) is 3.61. The molecule has 1 saturated heterocycles. The van der Waals surface area contributed by atoms with Crippen molar-refractivity contribution >= 4 is 16.9 Å². The van der Waals surface area contributed by atoms with Crippen molar-refractivity contribution in [1.82, 2.24) is 0 Å². The molecule has 7 N–H and O–H groups in total. The van der Waals surface area contributed by atoms with Gasteiger partial charge in [0.1, 0.15) is 34.7 Å². The minimum absolute atomic E-state index is 0.182. The van der Waals surface area contributed by atoms with Gasteiger partial charge < -0.3 is 54.4 Å². The number of hydrogen-bond acceptors (Lipinski definition) is 13. The number of esters is 1. The molecule has 1 fully saturated rings. The monoisotopic (exact) mass is 492 g/mol. The highest BCUT2D eigenvalue weighted by molar-refractivity contribution is 5.88. The fourth-order valence-corrected chi connectivity index (χ4v) is 3.61. The van der Waals surface area contributed by atoms with Crippen molar-refractivity contribution in [3.05, 3.63) is 34.5 Å². The van der Waals surface area contributed by atoms with Gasteiger partial charge in [-0.3, -0.25) is 9.59 Å². The molecule has 4 atom stereocenters. The summed E-state index contributed by atoms with van der Waals surface area (Å²) in [5.74, 6) is -5.37. The van der Waals surface area contributed by atoms with Crippen molar-refractivity contribution < 1.29 is 59.2 Å². The van der Waals surface area contributed by atoms with Crippen LogP contribution in [0.15, 0.2) is 33.5 Å². The second-order valence-corrected chi connectivity index (χ2v) is 7.74. The number of phenols is 5. The number of rotatable bonds is 4. The molecule has 13 heteroatoms. The lowest BCUT2D eigenvalue weighted by Gasteiger charge is -2.36. The Hall–Kier alpha value is -4.20. The lowest BCUT2D eigenvalue weighted by molar-refractivity contribution is -0.247. The van der Waals surface area contributed by atoms with Crippen molar-refractivity contribution in [2.24, 2.45) is 0 Å². The average molecular weight is 492 g/mol. The van der Waals surface area contributed by atoms with Crippen LogP contribution in [0.25, 0.3) is 22.3 Å². The number of ether oxygens (including phenoxy) is 3. The summed E-state index contributed by atoms with van der Waals surface area (Å²) in [6.45, 7) is 0.692. The first-order valence-corrected chi connectivity index (χ1v) is 10.1. The molecule has 186 valence electrons. The van der Waals surface area contributed by atoms with Crippen molar-refractivity contribution in [3.63, 3.8) is 0 Å². The van der Waals surface area contributed by atoms with Crippen LogP contribution in [0.3, 0.4) is 0 Å². The summed E-state index contributed by atoms with van der Waals surface area (Å²) in [5.41, 5.74) is -1.49. The molecule has 1 aliphatic heterocycles. The van der Waals surface area contributed by atoms with Crippen molar-refractivity contribution in [2.75, 3.05) is 6.61 Å². The van der Waals surface area contributed by atoms with E-state index in [0.717, 1.165) is 31.2 Å². The zero-order valence-electron chi connectivity index (χ0n) is 17.9. The number of phenolic OH excluding ortho intramolecular Hbond substituents is 5. The molecule has 3 aromatic rings. The van der Waals surface area contributed by atoms with Crippen molar-refractivity contribution in [3.8, 4) is 45.8 Å². The molecule has 0 amide bonds. The molecule has 0 spiro atoms. The molecule has 2 heterocycles. The van der Waals surface area contributed by atoms with E-state index in [1.165, 1.54) is 0 Å². The zero-order chi connectivity index (χ0) is 25.6. The molecule has 4 rings (SSSR count). The summed E-state index contributed by atoms with van der Waals surface area (Å²) >= 11 is 0. The first-order valence-electron chi connectivity index (χ1n) is 10.1. The maximum Gasteiger partial charge on any atom is 0.303 e. The maximum absolute atomic E-state index is 13.3. The largest absolute Gasteiger partial charge is 0.508 e. The van der Waals surface area contributed by atoms with Gasteiger partial charge in [0.05, 0.1) is 6.61 Å². The van der Waals surface area contributed by atoms with E-state index in [9.17, 15) is 45.3 Å². The molecule has 0 radical (unpaired) electrons. The zero-order valence-corrected chi connectivity index (χ0v) is 17.9. The SMILES string of the molecule is CC(=O)OC1COC(Oc2c(-c3cc(O)c(O)c(O)c3)oc3cc(O)cc(O)c3c2=O)C(O)C1O. The maximum atomic E-state index is 13.3. The molecule has 0 bridgehead atoms. The van der Waals surface area contributed by atoms with Gasteiger partial charge >= 0.3 is 5.97 Å². The van der Waals surface area contributed by atoms with E-state index in [4.69, 9.17) is 18.6 Å². The Morgan fingerprint density at radius 3 is 2.26 bits per heavy atom. The average Bonchev–Trinajstić information content (AvgIpc) is 2.77. The molecule has 4 unspecified atom stereocenters. The quantitative estimate of drug-likeness (QED) is 0.194. The summed E-state index contributed by atoms with van der Waals surface area (Å²) in [7, 11) is 0. The Kier molecular flexibility index (Phi) is 6.06. The van der Waals surface area contributed by atoms with Crippen LogP contribution in [0.1, 0.15) is 6.92 Å². The standard InChI is InChI=1S/C22H20O13/c1-7(23)33-14-6-32-22(19(31)17(14)29)35-21-18(30)15-10(25)4-9(24)5-13(15)34-20(21)8-2-11(26)16(28)12(27)3-8/h2-5,14,17,19,22,24-29,31H,6H2,1H3. The van der Waals surface area contributed by atoms with E-state index in [1.807, 2.05) is 0 Å². The van der Waals surface area contributed by atoms with Crippen LogP contribution < -0.4 is 10.2 Å². The number of fused-ring (bicyclic) bond motifs is 1. The topological polar surface area (TPSA) is 217 Å². The van der Waals surface area contributed by atoms with E-state index in [1.54, 1.807) is 0 Å². The third kappa shape index (κ3) is 4.35. The predicted octanol–water partition coefficient (Wildman–Crippen LogP) is 0.377. The summed E-state index contributed by atoms with van der Waals surface area (Å²) in [6, 6.07) is 3.75. The van der Waals surface area contributed by atoms with Gasteiger partial charge in [-0.1, -0.05) is 0 Å². The van der Waals surface area contributed by atoms with Crippen LogP contribution in [0.4, 0.5) is 0 Å². The third-order valence-corrected chi connectivity index (χ3v) is 5.24. The summed E-state index contributed by atoms with van der Waals surface area (Å²) in [5, 5.41) is 69.8. The summed E-state index contributed by atoms with van der Waals surface area (Å²) in [4.78, 5) is 24.5. The van der Waals surface area contributed by atoms with Crippen LogP contribution >= 0.6 is 0 Å². The number of aliphatic hydroxyl groups is 2. The highest BCUT2D eigenvalue weighted by Crippen LogP contribution is 2.43.